The number of rotatable bonds is 7. The largest absolute Gasteiger partial charge is 0.357 e. The van der Waals surface area contributed by atoms with Crippen LogP contribution in [0.25, 0.3) is 0 Å². The molecule has 2 N–H and O–H groups in total. The summed E-state index contributed by atoms with van der Waals surface area (Å²) in [4.78, 5) is 17.1. The predicted octanol–water partition coefficient (Wildman–Crippen LogP) is 3.20. The fraction of sp³-hybridized carbons (Fsp3) is 0.562. The van der Waals surface area contributed by atoms with Crippen molar-refractivity contribution in [1.29, 1.82) is 0 Å². The van der Waals surface area contributed by atoms with Gasteiger partial charge < -0.3 is 15.5 Å². The monoisotopic (exact) mass is 494 g/mol. The van der Waals surface area contributed by atoms with Crippen molar-refractivity contribution in [3.05, 3.63) is 26.7 Å². The van der Waals surface area contributed by atoms with Gasteiger partial charge in [-0.1, -0.05) is 0 Å². The maximum Gasteiger partial charge on any atom is 0.191 e. The van der Waals surface area contributed by atoms with Crippen molar-refractivity contribution in [2.45, 2.75) is 33.7 Å². The molecule has 2 rings (SSSR count). The van der Waals surface area contributed by atoms with Crippen LogP contribution in [0, 0.1) is 13.8 Å². The Hall–Kier alpha value is -0.940. The topological polar surface area (TPSA) is 65.4 Å². The van der Waals surface area contributed by atoms with Gasteiger partial charge in [0.05, 0.1) is 22.9 Å². The molecular weight excluding hydrogens is 467 g/mol. The van der Waals surface area contributed by atoms with Crippen LogP contribution in [0.3, 0.4) is 0 Å². The quantitative estimate of drug-likeness (QED) is 0.352. The molecule has 0 saturated carbocycles. The average molecular weight is 494 g/mol. The molecule has 0 aliphatic heterocycles. The Kier molecular flexibility index (Phi) is 9.65. The summed E-state index contributed by atoms with van der Waals surface area (Å²) in [5, 5.41) is 10.9. The fourth-order valence-corrected chi connectivity index (χ4v) is 3.69. The molecule has 0 amide bonds. The lowest BCUT2D eigenvalue weighted by Gasteiger charge is -2.10. The van der Waals surface area contributed by atoms with Crippen LogP contribution in [0.5, 0.6) is 0 Å². The lowest BCUT2D eigenvalue weighted by atomic mass is 10.4. The van der Waals surface area contributed by atoms with E-state index in [1.807, 2.05) is 19.0 Å². The van der Waals surface area contributed by atoms with Crippen LogP contribution in [-0.4, -0.2) is 43.1 Å². The smallest absolute Gasteiger partial charge is 0.191 e. The van der Waals surface area contributed by atoms with Gasteiger partial charge in [0.25, 0.3) is 0 Å². The number of hydrogen-bond acceptors (Lipinski definition) is 6. The summed E-state index contributed by atoms with van der Waals surface area (Å²) in [7, 11) is 4.00. The number of thiazole rings is 2. The number of nitrogens with one attached hydrogen (secondary N) is 2. The molecule has 0 fully saturated rings. The molecular formula is C16H27IN6S2. The van der Waals surface area contributed by atoms with Crippen molar-refractivity contribution >= 4 is 57.7 Å². The van der Waals surface area contributed by atoms with Crippen LogP contribution >= 0.6 is 46.7 Å². The lowest BCUT2D eigenvalue weighted by Crippen LogP contribution is -2.38. The first-order valence-electron chi connectivity index (χ1n) is 8.06. The fourth-order valence-electron chi connectivity index (χ4n) is 2.01. The first kappa shape index (κ1) is 22.1. The molecule has 0 spiro atoms. The highest BCUT2D eigenvalue weighted by atomic mass is 127. The van der Waals surface area contributed by atoms with Gasteiger partial charge in [-0.05, 0) is 20.8 Å². The Morgan fingerprint density at radius 3 is 2.56 bits per heavy atom. The average Bonchev–Trinajstić information content (AvgIpc) is 3.12. The minimum atomic E-state index is 0. The van der Waals surface area contributed by atoms with Crippen molar-refractivity contribution in [1.82, 2.24) is 20.6 Å². The summed E-state index contributed by atoms with van der Waals surface area (Å²) in [6.07, 6.45) is 0.908. The number of aliphatic imine (C=N–C) groups is 1. The standard InChI is InChI=1S/C16H26N6S2.HI/c1-6-17-15(18-8-7-14-20-11(2)12(3)24-14)19-9-13-10-23-16(21-13)22(4)5;/h10H,6-9H2,1-5H3,(H2,17,18,19);1H. The van der Waals surface area contributed by atoms with E-state index in [4.69, 9.17) is 0 Å². The Morgan fingerprint density at radius 1 is 1.24 bits per heavy atom. The molecule has 0 saturated heterocycles. The van der Waals surface area contributed by atoms with E-state index in [0.29, 0.717) is 6.54 Å². The van der Waals surface area contributed by atoms with Crippen molar-refractivity contribution in [3.63, 3.8) is 0 Å². The summed E-state index contributed by atoms with van der Waals surface area (Å²) in [6, 6.07) is 0. The van der Waals surface area contributed by atoms with E-state index >= 15 is 0 Å². The van der Waals surface area contributed by atoms with Crippen LogP contribution in [0.2, 0.25) is 0 Å². The normalized spacial score (nSPS) is 11.2. The van der Waals surface area contributed by atoms with E-state index in [1.165, 1.54) is 9.88 Å². The third-order valence-corrected chi connectivity index (χ3v) is 5.56. The molecule has 9 heteroatoms. The highest BCUT2D eigenvalue weighted by Crippen LogP contribution is 2.18. The van der Waals surface area contributed by atoms with Crippen LogP contribution in [0.1, 0.15) is 28.2 Å². The third-order valence-electron chi connectivity index (χ3n) is 3.37. The van der Waals surface area contributed by atoms with Crippen LogP contribution in [0.4, 0.5) is 5.13 Å². The van der Waals surface area contributed by atoms with Crippen LogP contribution in [0.15, 0.2) is 10.4 Å². The number of halogens is 1. The number of hydrogen-bond donors (Lipinski definition) is 2. The minimum absolute atomic E-state index is 0. The second-order valence-corrected chi connectivity index (χ2v) is 7.76. The zero-order valence-electron chi connectivity index (χ0n) is 15.4. The van der Waals surface area contributed by atoms with Gasteiger partial charge in [0.1, 0.15) is 0 Å². The van der Waals surface area contributed by atoms with Crippen molar-refractivity contribution in [3.8, 4) is 0 Å². The number of nitrogens with zero attached hydrogens (tertiary/aromatic N) is 4. The van der Waals surface area contributed by atoms with Crippen molar-refractivity contribution in [2.75, 3.05) is 32.1 Å². The lowest BCUT2D eigenvalue weighted by molar-refractivity contribution is 0.793. The van der Waals surface area contributed by atoms with E-state index in [2.05, 4.69) is 51.7 Å². The van der Waals surface area contributed by atoms with Gasteiger partial charge in [-0.2, -0.15) is 0 Å². The summed E-state index contributed by atoms with van der Waals surface area (Å²) in [5.41, 5.74) is 2.13. The van der Waals surface area contributed by atoms with E-state index in [-0.39, 0.29) is 24.0 Å². The third kappa shape index (κ3) is 7.06. The molecule has 0 unspecified atom stereocenters. The first-order valence-corrected chi connectivity index (χ1v) is 9.76. The number of aryl methyl sites for hydroxylation is 2. The predicted molar refractivity (Wildman–Crippen MR) is 120 cm³/mol. The van der Waals surface area contributed by atoms with Crippen molar-refractivity contribution in [2.24, 2.45) is 4.99 Å². The molecule has 0 aliphatic rings. The molecule has 140 valence electrons. The summed E-state index contributed by atoms with van der Waals surface area (Å²) in [6.45, 7) is 8.47. The molecule has 0 aromatic carbocycles. The Bertz CT molecular complexity index is 660. The van der Waals surface area contributed by atoms with E-state index in [0.717, 1.165) is 42.0 Å². The Balaban J connectivity index is 0.00000312. The zero-order valence-corrected chi connectivity index (χ0v) is 19.4. The van der Waals surface area contributed by atoms with E-state index < -0.39 is 0 Å². The molecule has 2 aromatic rings. The highest BCUT2D eigenvalue weighted by Gasteiger charge is 2.06. The first-order chi connectivity index (χ1) is 11.5. The molecule has 0 bridgehead atoms. The van der Waals surface area contributed by atoms with Crippen LogP contribution in [-0.2, 0) is 13.0 Å². The molecule has 0 atom stereocenters. The van der Waals surface area contributed by atoms with Gasteiger partial charge in [-0.25, -0.2) is 15.0 Å². The van der Waals surface area contributed by atoms with Gasteiger partial charge in [-0.15, -0.1) is 46.7 Å². The molecule has 25 heavy (non-hydrogen) atoms. The summed E-state index contributed by atoms with van der Waals surface area (Å²) in [5.74, 6) is 0.821. The number of aromatic nitrogens is 2. The summed E-state index contributed by atoms with van der Waals surface area (Å²) < 4.78 is 0. The summed E-state index contributed by atoms with van der Waals surface area (Å²) >= 11 is 3.41. The molecule has 2 heterocycles. The van der Waals surface area contributed by atoms with E-state index in [9.17, 15) is 0 Å². The van der Waals surface area contributed by atoms with Crippen molar-refractivity contribution < 1.29 is 0 Å². The van der Waals surface area contributed by atoms with Gasteiger partial charge in [0.15, 0.2) is 11.1 Å². The van der Waals surface area contributed by atoms with Gasteiger partial charge >= 0.3 is 0 Å². The maximum absolute atomic E-state index is 4.61. The molecule has 0 aliphatic carbocycles. The molecule has 2 aromatic heterocycles. The molecule has 0 radical (unpaired) electrons. The number of anilines is 1. The van der Waals surface area contributed by atoms with Gasteiger partial charge in [0, 0.05) is 43.9 Å². The second-order valence-electron chi connectivity index (χ2n) is 5.64. The maximum atomic E-state index is 4.61. The van der Waals surface area contributed by atoms with Gasteiger partial charge in [-0.3, -0.25) is 0 Å². The Labute approximate surface area is 175 Å². The second kappa shape index (κ2) is 10.9. The number of guanidine groups is 1. The SMILES string of the molecule is CCNC(=NCc1csc(N(C)C)n1)NCCc1nc(C)c(C)s1.I. The van der Waals surface area contributed by atoms with Gasteiger partial charge in [0.2, 0.25) is 0 Å². The highest BCUT2D eigenvalue weighted by molar-refractivity contribution is 14.0. The minimum Gasteiger partial charge on any atom is -0.357 e. The van der Waals surface area contributed by atoms with E-state index in [1.54, 1.807) is 22.7 Å². The molecule has 6 nitrogen and oxygen atoms in total. The Morgan fingerprint density at radius 2 is 2.00 bits per heavy atom. The van der Waals surface area contributed by atoms with Crippen LogP contribution < -0.4 is 15.5 Å². The zero-order chi connectivity index (χ0) is 17.5.